The Morgan fingerprint density at radius 2 is 1.55 bits per heavy atom. The van der Waals surface area contributed by atoms with E-state index in [4.69, 9.17) is 4.74 Å². The van der Waals surface area contributed by atoms with Gasteiger partial charge in [-0.05, 0) is 30.3 Å². The van der Waals surface area contributed by atoms with Gasteiger partial charge in [0.05, 0.1) is 10.5 Å². The van der Waals surface area contributed by atoms with Crippen LogP contribution in [0.1, 0.15) is 39.3 Å². The average molecular weight is 418 g/mol. The van der Waals surface area contributed by atoms with Gasteiger partial charge in [-0.3, -0.25) is 19.7 Å². The quantitative estimate of drug-likeness (QED) is 0.264. The lowest BCUT2D eigenvalue weighted by Gasteiger charge is -2.18. The fourth-order valence-electron chi connectivity index (χ4n) is 2.90. The molecule has 31 heavy (non-hydrogen) atoms. The number of ketones is 1. The van der Waals surface area contributed by atoms with Gasteiger partial charge in [0.15, 0.2) is 6.10 Å². The van der Waals surface area contributed by atoms with Gasteiger partial charge < -0.3 is 10.1 Å². The van der Waals surface area contributed by atoms with Crippen molar-refractivity contribution in [3.8, 4) is 0 Å². The van der Waals surface area contributed by atoms with E-state index in [-0.39, 0.29) is 17.2 Å². The first kappa shape index (κ1) is 21.4. The molecule has 0 radical (unpaired) electrons. The molecule has 0 unspecified atom stereocenters. The van der Waals surface area contributed by atoms with Crippen LogP contribution in [-0.2, 0) is 9.53 Å². The SMILES string of the molecule is CC(=O)Nc1cccc(C(=O)O[C@@H](C(=O)c2ccccc2)c2ccc([N+](=O)[O-])cc2)c1. The third-order valence-electron chi connectivity index (χ3n) is 4.35. The summed E-state index contributed by atoms with van der Waals surface area (Å²) in [4.78, 5) is 47.5. The number of nitrogens with one attached hydrogen (secondary N) is 1. The Hall–Kier alpha value is -4.33. The number of hydrogen-bond donors (Lipinski definition) is 1. The van der Waals surface area contributed by atoms with Gasteiger partial charge in [0.25, 0.3) is 5.69 Å². The minimum absolute atomic E-state index is 0.138. The second-order valence-corrected chi connectivity index (χ2v) is 6.63. The first-order valence-electron chi connectivity index (χ1n) is 9.27. The number of benzene rings is 3. The van der Waals surface area contributed by atoms with Crippen molar-refractivity contribution in [1.29, 1.82) is 0 Å². The summed E-state index contributed by atoms with van der Waals surface area (Å²) in [6.45, 7) is 1.34. The molecular formula is C23H18N2O6. The molecule has 0 aliphatic carbocycles. The Balaban J connectivity index is 1.93. The molecule has 8 heteroatoms. The molecule has 0 saturated heterocycles. The summed E-state index contributed by atoms with van der Waals surface area (Å²) in [5, 5.41) is 13.5. The topological polar surface area (TPSA) is 116 Å². The number of carbonyl (C=O) groups is 3. The molecule has 0 heterocycles. The summed E-state index contributed by atoms with van der Waals surface area (Å²) in [5.74, 6) is -1.55. The van der Waals surface area contributed by atoms with Gasteiger partial charge in [0.2, 0.25) is 11.7 Å². The monoisotopic (exact) mass is 418 g/mol. The van der Waals surface area contributed by atoms with Crippen LogP contribution >= 0.6 is 0 Å². The van der Waals surface area contributed by atoms with Crippen molar-refractivity contribution in [3.63, 3.8) is 0 Å². The molecule has 0 spiro atoms. The van der Waals surface area contributed by atoms with Crippen LogP contribution in [0.2, 0.25) is 0 Å². The maximum Gasteiger partial charge on any atom is 0.339 e. The molecule has 3 aromatic carbocycles. The molecule has 0 saturated carbocycles. The highest BCUT2D eigenvalue weighted by Crippen LogP contribution is 2.26. The number of nitro benzene ring substituents is 1. The first-order valence-corrected chi connectivity index (χ1v) is 9.27. The lowest BCUT2D eigenvalue weighted by atomic mass is 9.99. The van der Waals surface area contributed by atoms with Crippen LogP contribution in [0.4, 0.5) is 11.4 Å². The number of carbonyl (C=O) groups excluding carboxylic acids is 3. The van der Waals surface area contributed by atoms with E-state index in [9.17, 15) is 24.5 Å². The molecule has 156 valence electrons. The molecule has 0 aliphatic heterocycles. The van der Waals surface area contributed by atoms with Gasteiger partial charge in [-0.2, -0.15) is 0 Å². The van der Waals surface area contributed by atoms with Gasteiger partial charge >= 0.3 is 5.97 Å². The van der Waals surface area contributed by atoms with Crippen molar-refractivity contribution in [3.05, 3.63) is 106 Å². The maximum atomic E-state index is 13.1. The zero-order valence-electron chi connectivity index (χ0n) is 16.5. The largest absolute Gasteiger partial charge is 0.445 e. The molecule has 1 amide bonds. The van der Waals surface area contributed by atoms with Gasteiger partial charge in [-0.1, -0.05) is 36.4 Å². The zero-order valence-corrected chi connectivity index (χ0v) is 16.5. The fourth-order valence-corrected chi connectivity index (χ4v) is 2.90. The summed E-state index contributed by atoms with van der Waals surface area (Å²) in [5.41, 5.74) is 1.02. The number of nitro groups is 1. The number of rotatable bonds is 7. The van der Waals surface area contributed by atoms with Gasteiger partial charge in [0, 0.05) is 35.9 Å². The van der Waals surface area contributed by atoms with Crippen LogP contribution in [0.5, 0.6) is 0 Å². The second-order valence-electron chi connectivity index (χ2n) is 6.63. The summed E-state index contributed by atoms with van der Waals surface area (Å²) >= 11 is 0. The molecule has 1 N–H and O–H groups in total. The van der Waals surface area contributed by atoms with E-state index >= 15 is 0 Å². The van der Waals surface area contributed by atoms with E-state index in [1.54, 1.807) is 42.5 Å². The van der Waals surface area contributed by atoms with Gasteiger partial charge in [-0.25, -0.2) is 4.79 Å². The normalized spacial score (nSPS) is 11.3. The standard InChI is InChI=1S/C23H18N2O6/c1-15(26)24-19-9-5-8-18(14-19)23(28)31-22(21(27)16-6-3-2-4-7-16)17-10-12-20(13-11-17)25(29)30/h2-14,22H,1H3,(H,24,26)/t22-/m1/s1. The Labute approximate surface area is 177 Å². The summed E-state index contributed by atoms with van der Waals surface area (Å²) in [7, 11) is 0. The lowest BCUT2D eigenvalue weighted by Crippen LogP contribution is -2.20. The number of esters is 1. The molecule has 8 nitrogen and oxygen atoms in total. The number of nitrogens with zero attached hydrogens (tertiary/aromatic N) is 1. The van der Waals surface area contributed by atoms with Crippen molar-refractivity contribution >= 4 is 29.0 Å². The van der Waals surface area contributed by atoms with Crippen LogP contribution < -0.4 is 5.32 Å². The van der Waals surface area contributed by atoms with E-state index < -0.39 is 22.8 Å². The van der Waals surface area contributed by atoms with E-state index in [0.717, 1.165) is 0 Å². The molecule has 3 aromatic rings. The molecule has 3 rings (SSSR count). The molecule has 0 fully saturated rings. The maximum absolute atomic E-state index is 13.1. The van der Waals surface area contributed by atoms with Crippen molar-refractivity contribution in [2.75, 3.05) is 5.32 Å². The molecular weight excluding hydrogens is 400 g/mol. The van der Waals surface area contributed by atoms with Crippen molar-refractivity contribution in [1.82, 2.24) is 0 Å². The third kappa shape index (κ3) is 5.39. The van der Waals surface area contributed by atoms with Crippen LogP contribution in [0.15, 0.2) is 78.9 Å². The van der Waals surface area contributed by atoms with E-state index in [1.165, 1.54) is 43.3 Å². The molecule has 1 atom stereocenters. The second kappa shape index (κ2) is 9.45. The highest BCUT2D eigenvalue weighted by atomic mass is 16.6. The van der Waals surface area contributed by atoms with E-state index in [1.807, 2.05) is 0 Å². The smallest absolute Gasteiger partial charge is 0.339 e. The Morgan fingerprint density at radius 3 is 2.16 bits per heavy atom. The highest BCUT2D eigenvalue weighted by molar-refractivity contribution is 6.02. The predicted octanol–water partition coefficient (Wildman–Crippen LogP) is 4.33. The van der Waals surface area contributed by atoms with Crippen LogP contribution in [0, 0.1) is 10.1 Å². The molecule has 0 bridgehead atoms. The number of amides is 1. The number of Topliss-reactive ketones (excluding diaryl/α,β-unsaturated/α-hetero) is 1. The fraction of sp³-hybridized carbons (Fsp3) is 0.0870. The minimum atomic E-state index is -1.31. The summed E-state index contributed by atoms with van der Waals surface area (Å²) < 4.78 is 5.53. The van der Waals surface area contributed by atoms with Crippen LogP contribution in [-0.4, -0.2) is 22.6 Å². The van der Waals surface area contributed by atoms with E-state index in [2.05, 4.69) is 5.32 Å². The van der Waals surface area contributed by atoms with Crippen LogP contribution in [0.3, 0.4) is 0 Å². The number of anilines is 1. The number of non-ortho nitro benzene ring substituents is 1. The molecule has 0 aliphatic rings. The van der Waals surface area contributed by atoms with Crippen LogP contribution in [0.25, 0.3) is 0 Å². The van der Waals surface area contributed by atoms with Crippen molar-refractivity contribution in [2.24, 2.45) is 0 Å². The summed E-state index contributed by atoms with van der Waals surface area (Å²) in [6, 6.07) is 19.6. The zero-order chi connectivity index (χ0) is 22.4. The lowest BCUT2D eigenvalue weighted by molar-refractivity contribution is -0.384. The van der Waals surface area contributed by atoms with Crippen molar-refractivity contribution < 1.29 is 24.0 Å². The van der Waals surface area contributed by atoms with Crippen molar-refractivity contribution in [2.45, 2.75) is 13.0 Å². The molecule has 0 aromatic heterocycles. The Bertz CT molecular complexity index is 1130. The third-order valence-corrected chi connectivity index (χ3v) is 4.35. The Morgan fingerprint density at radius 1 is 0.903 bits per heavy atom. The van der Waals surface area contributed by atoms with Gasteiger partial charge in [-0.15, -0.1) is 0 Å². The minimum Gasteiger partial charge on any atom is -0.445 e. The summed E-state index contributed by atoms with van der Waals surface area (Å²) in [6.07, 6.45) is -1.31. The average Bonchev–Trinajstić information content (AvgIpc) is 2.77. The highest BCUT2D eigenvalue weighted by Gasteiger charge is 2.27. The van der Waals surface area contributed by atoms with E-state index in [0.29, 0.717) is 16.8 Å². The predicted molar refractivity (Wildman–Crippen MR) is 113 cm³/mol. The first-order chi connectivity index (χ1) is 14.8. The Kier molecular flexibility index (Phi) is 6.51. The number of hydrogen-bond acceptors (Lipinski definition) is 6. The number of ether oxygens (including phenoxy) is 1. The van der Waals surface area contributed by atoms with Gasteiger partial charge in [0.1, 0.15) is 0 Å².